The SMILES string of the molecule is O=C([O-])Cn1cc2cc(NC(=O)c3cccc(C(F)(F)F)n3)c(O)cc2n1. The number of nitrogens with one attached hydrogen (secondary N) is 1. The second-order valence-corrected chi connectivity index (χ2v) is 5.49. The molecule has 3 aromatic rings. The molecule has 2 N–H and O–H groups in total. The second kappa shape index (κ2) is 6.59. The van der Waals surface area contributed by atoms with Crippen molar-refractivity contribution in [2.75, 3.05) is 5.32 Å². The zero-order valence-electron chi connectivity index (χ0n) is 13.3. The van der Waals surface area contributed by atoms with Crippen LogP contribution in [0, 0.1) is 0 Å². The lowest BCUT2D eigenvalue weighted by Crippen LogP contribution is -2.27. The fourth-order valence-electron chi connectivity index (χ4n) is 2.33. The zero-order valence-corrected chi connectivity index (χ0v) is 13.3. The molecule has 1 amide bonds. The summed E-state index contributed by atoms with van der Waals surface area (Å²) in [7, 11) is 0. The molecule has 27 heavy (non-hydrogen) atoms. The number of pyridine rings is 1. The normalized spacial score (nSPS) is 11.5. The summed E-state index contributed by atoms with van der Waals surface area (Å²) in [6.07, 6.45) is -3.35. The van der Waals surface area contributed by atoms with Crippen molar-refractivity contribution in [1.29, 1.82) is 0 Å². The minimum Gasteiger partial charge on any atom is -0.548 e. The van der Waals surface area contributed by atoms with Crippen LogP contribution in [0.15, 0.2) is 36.5 Å². The highest BCUT2D eigenvalue weighted by Gasteiger charge is 2.33. The molecule has 2 aromatic heterocycles. The van der Waals surface area contributed by atoms with Crippen LogP contribution in [0.5, 0.6) is 5.75 Å². The van der Waals surface area contributed by atoms with Gasteiger partial charge in [0, 0.05) is 17.6 Å². The van der Waals surface area contributed by atoms with E-state index >= 15 is 0 Å². The molecule has 0 atom stereocenters. The van der Waals surface area contributed by atoms with Crippen LogP contribution < -0.4 is 10.4 Å². The first-order valence-electron chi connectivity index (χ1n) is 7.39. The number of phenolic OH excluding ortho intramolecular Hbond substituents is 1. The number of nitrogens with zero attached hydrogens (tertiary/aromatic N) is 3. The maximum Gasteiger partial charge on any atom is 0.433 e. The Labute approximate surface area is 148 Å². The summed E-state index contributed by atoms with van der Waals surface area (Å²) >= 11 is 0. The summed E-state index contributed by atoms with van der Waals surface area (Å²) in [5, 5.41) is 27.2. The number of benzene rings is 1. The Kier molecular flexibility index (Phi) is 4.44. The van der Waals surface area contributed by atoms with Gasteiger partial charge in [-0.3, -0.25) is 9.48 Å². The minimum absolute atomic E-state index is 0.0975. The Bertz CT molecular complexity index is 1050. The summed E-state index contributed by atoms with van der Waals surface area (Å²) in [6, 6.07) is 5.34. The third-order valence-electron chi connectivity index (χ3n) is 3.48. The molecule has 3 rings (SSSR count). The largest absolute Gasteiger partial charge is 0.548 e. The van der Waals surface area contributed by atoms with E-state index in [0.717, 1.165) is 22.9 Å². The molecule has 140 valence electrons. The first-order valence-corrected chi connectivity index (χ1v) is 7.39. The predicted octanol–water partition coefficient (Wildman–Crippen LogP) is 1.16. The fourth-order valence-corrected chi connectivity index (χ4v) is 2.33. The standard InChI is InChI=1S/C16H11F3N4O4/c17-16(18,19)13-3-1-2-9(20-13)15(27)21-11-4-8-6-23(7-14(25)26)22-10(8)5-12(11)24/h1-6,24H,7H2,(H,21,27)(H,25,26)/p-1. The fraction of sp³-hybridized carbons (Fsp3) is 0.125. The lowest BCUT2D eigenvalue weighted by molar-refractivity contribution is -0.306. The Morgan fingerprint density at radius 3 is 2.67 bits per heavy atom. The number of aromatic nitrogens is 3. The number of carboxylic acid groups (broad SMARTS) is 1. The molecule has 0 saturated heterocycles. The van der Waals surface area contributed by atoms with Crippen LogP contribution in [0.25, 0.3) is 10.9 Å². The highest BCUT2D eigenvalue weighted by Crippen LogP contribution is 2.30. The number of hydrogen-bond donors (Lipinski definition) is 2. The number of halogens is 3. The van der Waals surface area contributed by atoms with Gasteiger partial charge in [-0.15, -0.1) is 0 Å². The quantitative estimate of drug-likeness (QED) is 0.657. The van der Waals surface area contributed by atoms with Crippen LogP contribution in [0.3, 0.4) is 0 Å². The van der Waals surface area contributed by atoms with Gasteiger partial charge in [0.15, 0.2) is 0 Å². The predicted molar refractivity (Wildman–Crippen MR) is 83.6 cm³/mol. The molecule has 0 fully saturated rings. The molecule has 0 bridgehead atoms. The van der Waals surface area contributed by atoms with Crippen LogP contribution in [-0.2, 0) is 17.5 Å². The number of alkyl halides is 3. The van der Waals surface area contributed by atoms with Crippen LogP contribution in [-0.4, -0.2) is 31.7 Å². The van der Waals surface area contributed by atoms with Crippen LogP contribution >= 0.6 is 0 Å². The third-order valence-corrected chi connectivity index (χ3v) is 3.48. The number of phenols is 1. The van der Waals surface area contributed by atoms with Crippen molar-refractivity contribution in [3.05, 3.63) is 47.9 Å². The first kappa shape index (κ1) is 18.2. The van der Waals surface area contributed by atoms with Crippen LogP contribution in [0.1, 0.15) is 16.2 Å². The average Bonchev–Trinajstić information content (AvgIpc) is 2.94. The van der Waals surface area contributed by atoms with Gasteiger partial charge in [-0.05, 0) is 18.2 Å². The van der Waals surface area contributed by atoms with Crippen LogP contribution in [0.4, 0.5) is 18.9 Å². The topological polar surface area (TPSA) is 120 Å². The monoisotopic (exact) mass is 379 g/mol. The number of rotatable bonds is 4. The van der Waals surface area contributed by atoms with Gasteiger partial charge >= 0.3 is 6.18 Å². The van der Waals surface area contributed by atoms with Crippen LogP contribution in [0.2, 0.25) is 0 Å². The zero-order chi connectivity index (χ0) is 19.8. The average molecular weight is 379 g/mol. The smallest absolute Gasteiger partial charge is 0.433 e. The number of aliphatic carboxylic acids is 1. The maximum absolute atomic E-state index is 12.7. The molecule has 0 unspecified atom stereocenters. The number of carbonyl (C=O) groups excluding carboxylic acids is 2. The van der Waals surface area contributed by atoms with Crippen molar-refractivity contribution in [2.45, 2.75) is 12.7 Å². The minimum atomic E-state index is -4.70. The molecule has 0 aliphatic heterocycles. The molecular weight excluding hydrogens is 369 g/mol. The van der Waals surface area contributed by atoms with Gasteiger partial charge in [0.1, 0.15) is 17.1 Å². The molecule has 0 aliphatic rings. The Balaban J connectivity index is 1.88. The molecule has 1 aromatic carbocycles. The van der Waals surface area contributed by atoms with Crippen molar-refractivity contribution in [2.24, 2.45) is 0 Å². The Morgan fingerprint density at radius 2 is 2.00 bits per heavy atom. The summed E-state index contributed by atoms with van der Waals surface area (Å²) in [4.78, 5) is 26.0. The Hall–Kier alpha value is -3.63. The number of amides is 1. The van der Waals surface area contributed by atoms with Gasteiger partial charge < -0.3 is 20.3 Å². The summed E-state index contributed by atoms with van der Waals surface area (Å²) in [5.41, 5.74) is -1.56. The van der Waals surface area contributed by atoms with Crippen molar-refractivity contribution < 1.29 is 33.0 Å². The molecule has 2 heterocycles. The molecule has 0 spiro atoms. The highest BCUT2D eigenvalue weighted by molar-refractivity contribution is 6.05. The number of aromatic hydroxyl groups is 1. The number of carboxylic acids is 1. The lowest BCUT2D eigenvalue weighted by Gasteiger charge is -2.09. The van der Waals surface area contributed by atoms with Gasteiger partial charge in [0.25, 0.3) is 5.91 Å². The Morgan fingerprint density at radius 1 is 1.26 bits per heavy atom. The molecule has 0 saturated carbocycles. The first-order chi connectivity index (χ1) is 12.6. The molecular formula is C16H10F3N4O4-. The third kappa shape index (κ3) is 3.97. The van der Waals surface area contributed by atoms with Crippen molar-refractivity contribution in [3.63, 3.8) is 0 Å². The van der Waals surface area contributed by atoms with E-state index < -0.39 is 41.7 Å². The number of carbonyl (C=O) groups is 2. The van der Waals surface area contributed by atoms with Gasteiger partial charge in [0.05, 0.1) is 23.7 Å². The van der Waals surface area contributed by atoms with E-state index in [1.54, 1.807) is 0 Å². The number of fused-ring (bicyclic) bond motifs is 1. The van der Waals surface area contributed by atoms with E-state index in [4.69, 9.17) is 0 Å². The molecule has 11 heteroatoms. The summed E-state index contributed by atoms with van der Waals surface area (Å²) < 4.78 is 39.2. The van der Waals surface area contributed by atoms with E-state index in [-0.39, 0.29) is 11.2 Å². The van der Waals surface area contributed by atoms with Gasteiger partial charge in [0.2, 0.25) is 0 Å². The van der Waals surface area contributed by atoms with Gasteiger partial charge in [-0.25, -0.2) is 4.98 Å². The number of hydrogen-bond acceptors (Lipinski definition) is 6. The summed E-state index contributed by atoms with van der Waals surface area (Å²) in [5.74, 6) is -2.73. The number of anilines is 1. The second-order valence-electron chi connectivity index (χ2n) is 5.49. The van der Waals surface area contributed by atoms with E-state index in [9.17, 15) is 33.0 Å². The van der Waals surface area contributed by atoms with E-state index in [0.29, 0.717) is 5.39 Å². The molecule has 8 nitrogen and oxygen atoms in total. The van der Waals surface area contributed by atoms with Crippen molar-refractivity contribution in [1.82, 2.24) is 14.8 Å². The van der Waals surface area contributed by atoms with Crippen molar-refractivity contribution in [3.8, 4) is 5.75 Å². The van der Waals surface area contributed by atoms with Gasteiger partial charge in [-0.1, -0.05) is 6.07 Å². The van der Waals surface area contributed by atoms with E-state index in [1.807, 2.05) is 0 Å². The maximum atomic E-state index is 12.7. The summed E-state index contributed by atoms with van der Waals surface area (Å²) in [6.45, 7) is -0.509. The lowest BCUT2D eigenvalue weighted by atomic mass is 10.2. The van der Waals surface area contributed by atoms with E-state index in [1.165, 1.54) is 18.3 Å². The van der Waals surface area contributed by atoms with Gasteiger partial charge in [-0.2, -0.15) is 18.3 Å². The molecule has 0 radical (unpaired) electrons. The van der Waals surface area contributed by atoms with Crippen molar-refractivity contribution >= 4 is 28.5 Å². The van der Waals surface area contributed by atoms with E-state index in [2.05, 4.69) is 15.4 Å². The molecule has 0 aliphatic carbocycles. The highest BCUT2D eigenvalue weighted by atomic mass is 19.4.